The topological polar surface area (TPSA) is 267 Å². The van der Waals surface area contributed by atoms with E-state index in [1.807, 2.05) is 125 Å². The molecular formula is C102H119F3O22. The molecule has 0 radical (unpaired) electrons. The van der Waals surface area contributed by atoms with Crippen LogP contribution in [0.1, 0.15) is 181 Å². The fourth-order valence-electron chi connectivity index (χ4n) is 13.9. The standard InChI is InChI=1S/2C30H33FO6.C19H21FO4.2C11H14O3.CH4/c2*1-20(15-29(32)34-3)22-7-6-8-24(17-22)36-19-21-10-12-25(26-18-23(33-2)11-13-27(26)31)28(16-21)37-30-9-4-5-14-35-30;1-22-14-6-8-17(20)16(11-14)15-7-5-13(12-21)10-18(15)24-19-4-2-3-9-23-19;2*1-8(6-11(13)14-2)9-4-3-5-10(12)7-9;/h2*6-8,10-13,16-18,20,30H,4-5,9,14-15,19H2,1-3H3;5-8,10-11,19,21H,2-4,9,12H2,1H3;2*3-5,7-8,12H,6H2,1-2H3;1H4/t2*20-,30?;;2*8-;/m11.10./s1. The Morgan fingerprint density at radius 3 is 0.913 bits per heavy atom. The zero-order valence-electron chi connectivity index (χ0n) is 73.3. The highest BCUT2D eigenvalue weighted by Crippen LogP contribution is 2.41. The molecule has 0 aromatic heterocycles. The third kappa shape index (κ3) is 31.7. The second-order valence-electron chi connectivity index (χ2n) is 30.6. The molecule has 3 aliphatic rings. The lowest BCUT2D eigenvalue weighted by atomic mass is 9.98. The summed E-state index contributed by atoms with van der Waals surface area (Å²) in [7, 11) is 10.2. The lowest BCUT2D eigenvalue weighted by Gasteiger charge is -2.25. The van der Waals surface area contributed by atoms with Crippen molar-refractivity contribution in [2.45, 2.75) is 181 Å². The second-order valence-corrected chi connectivity index (χ2v) is 30.6. The maximum Gasteiger partial charge on any atom is 0.306 e. The molecule has 3 heterocycles. The van der Waals surface area contributed by atoms with Gasteiger partial charge in [-0.25, -0.2) is 13.2 Å². The van der Waals surface area contributed by atoms with E-state index in [-0.39, 0.29) is 123 Å². The van der Waals surface area contributed by atoms with Gasteiger partial charge in [0.15, 0.2) is 18.9 Å². The van der Waals surface area contributed by atoms with Crippen LogP contribution >= 0.6 is 0 Å². The van der Waals surface area contributed by atoms with E-state index in [9.17, 15) is 47.7 Å². The van der Waals surface area contributed by atoms with Crippen molar-refractivity contribution in [3.63, 3.8) is 0 Å². The van der Waals surface area contributed by atoms with Crippen LogP contribution in [0.4, 0.5) is 13.2 Å². The Balaban J connectivity index is 0.000000207. The maximum absolute atomic E-state index is 14.8. The Morgan fingerprint density at radius 2 is 0.638 bits per heavy atom. The molecule has 10 aromatic rings. The summed E-state index contributed by atoms with van der Waals surface area (Å²) < 4.78 is 126. The Bertz CT molecular complexity index is 4860. The SMILES string of the molecule is C.COC(=O)C[C@@H](C)c1cccc(O)c1.COC(=O)C[C@@H](C)c1cccc(OCc2ccc(-c3cc(OC)ccc3F)c(OC3CCCCO3)c2)c1.COC(=O)C[C@@H](C)c1cccc(OCc2ccc(-c3cc(OC)ccc3F)c(OC3CCCCO3)c2)c1.COC(=O)C[C@H](C)c1cccc(O)c1.COc1ccc(F)c(-c2ccc(CO)cc2OC2CCCCO2)c1. The molecular weight excluding hydrogens is 1630 g/mol. The van der Waals surface area contributed by atoms with E-state index < -0.39 is 0 Å². The van der Waals surface area contributed by atoms with Gasteiger partial charge in [-0.2, -0.15) is 0 Å². The monoisotopic (exact) mass is 1750 g/mol. The number of aromatic hydroxyl groups is 2. The van der Waals surface area contributed by atoms with Crippen LogP contribution in [0.15, 0.2) is 206 Å². The first-order valence-corrected chi connectivity index (χ1v) is 42.1. The molecule has 0 bridgehead atoms. The zero-order chi connectivity index (χ0) is 90.4. The molecule has 3 saturated heterocycles. The Morgan fingerprint density at radius 1 is 0.346 bits per heavy atom. The predicted molar refractivity (Wildman–Crippen MR) is 478 cm³/mol. The van der Waals surface area contributed by atoms with Gasteiger partial charge >= 0.3 is 23.9 Å². The Hall–Kier alpha value is -12.3. The summed E-state index contributed by atoms with van der Waals surface area (Å²) in [5.41, 5.74) is 9.32. The molecule has 3 aliphatic heterocycles. The van der Waals surface area contributed by atoms with Gasteiger partial charge < -0.3 is 86.4 Å². The molecule has 0 saturated carbocycles. The van der Waals surface area contributed by atoms with Gasteiger partial charge in [0, 0.05) is 52.6 Å². The van der Waals surface area contributed by atoms with Crippen molar-refractivity contribution < 1.29 is 119 Å². The lowest BCUT2D eigenvalue weighted by molar-refractivity contribution is -0.141. The number of hydrogen-bond acceptors (Lipinski definition) is 22. The van der Waals surface area contributed by atoms with Crippen molar-refractivity contribution in [3.05, 3.63) is 263 Å². The van der Waals surface area contributed by atoms with Crippen LogP contribution in [-0.2, 0) is 72.2 Å². The number of hydrogen-bond donors (Lipinski definition) is 3. The van der Waals surface area contributed by atoms with Gasteiger partial charge in [-0.3, -0.25) is 19.2 Å². The van der Waals surface area contributed by atoms with Crippen LogP contribution in [0.25, 0.3) is 33.4 Å². The van der Waals surface area contributed by atoms with Crippen LogP contribution in [-0.4, -0.2) is 128 Å². The van der Waals surface area contributed by atoms with E-state index in [1.54, 1.807) is 112 Å². The normalized spacial score (nSPS) is 15.3. The number of phenols is 2. The average Bonchev–Trinajstić information content (AvgIpc) is 0.811. The smallest absolute Gasteiger partial charge is 0.306 e. The summed E-state index contributed by atoms with van der Waals surface area (Å²) in [4.78, 5) is 45.3. The van der Waals surface area contributed by atoms with Crippen LogP contribution in [0, 0.1) is 17.5 Å². The van der Waals surface area contributed by atoms with Crippen LogP contribution in [0.2, 0.25) is 0 Å². The number of aliphatic hydroxyl groups excluding tert-OH is 1. The van der Waals surface area contributed by atoms with Crippen molar-refractivity contribution in [3.8, 4) is 90.9 Å². The highest BCUT2D eigenvalue weighted by molar-refractivity contribution is 5.76. The van der Waals surface area contributed by atoms with Gasteiger partial charge in [0.1, 0.15) is 88.2 Å². The number of esters is 4. The molecule has 0 amide bonds. The largest absolute Gasteiger partial charge is 0.508 e. The Kier molecular flexibility index (Phi) is 41.0. The third-order valence-electron chi connectivity index (χ3n) is 21.2. The van der Waals surface area contributed by atoms with E-state index >= 15 is 0 Å². The molecule has 0 aliphatic carbocycles. The first-order chi connectivity index (χ1) is 60.9. The molecule has 3 fully saturated rings. The summed E-state index contributed by atoms with van der Waals surface area (Å²) >= 11 is 0. The highest BCUT2D eigenvalue weighted by atomic mass is 19.1. The predicted octanol–water partition coefficient (Wildman–Crippen LogP) is 22.0. The minimum Gasteiger partial charge on any atom is -0.508 e. The summed E-state index contributed by atoms with van der Waals surface area (Å²) in [6.45, 7) is 10.2. The van der Waals surface area contributed by atoms with Gasteiger partial charge in [0.25, 0.3) is 0 Å². The van der Waals surface area contributed by atoms with Crippen molar-refractivity contribution in [2.75, 3.05) is 69.6 Å². The highest BCUT2D eigenvalue weighted by Gasteiger charge is 2.26. The number of aliphatic hydroxyl groups is 1. The lowest BCUT2D eigenvalue weighted by Crippen LogP contribution is -2.25. The average molecular weight is 1750 g/mol. The van der Waals surface area contributed by atoms with E-state index in [0.29, 0.717) is 130 Å². The van der Waals surface area contributed by atoms with Crippen LogP contribution in [0.5, 0.6) is 57.5 Å². The van der Waals surface area contributed by atoms with Gasteiger partial charge in [-0.15, -0.1) is 0 Å². The minimum atomic E-state index is -0.384. The van der Waals surface area contributed by atoms with Gasteiger partial charge in [-0.1, -0.05) is 120 Å². The van der Waals surface area contributed by atoms with Gasteiger partial charge in [0.2, 0.25) is 0 Å². The van der Waals surface area contributed by atoms with Crippen molar-refractivity contribution in [1.29, 1.82) is 0 Å². The first kappa shape index (κ1) is 100. The molecule has 3 N–H and O–H groups in total. The molecule has 10 aromatic carbocycles. The van der Waals surface area contributed by atoms with E-state index in [1.165, 1.54) is 46.6 Å². The van der Waals surface area contributed by atoms with Crippen molar-refractivity contribution in [2.24, 2.45) is 0 Å². The second kappa shape index (κ2) is 52.0. The fraction of sp³-hybridized carbons (Fsp3) is 0.373. The fourth-order valence-corrected chi connectivity index (χ4v) is 13.9. The van der Waals surface area contributed by atoms with E-state index in [2.05, 4.69) is 9.47 Å². The number of phenolic OH excluding ortho intramolecular Hbond substituents is 2. The molecule has 680 valence electrons. The Labute approximate surface area is 743 Å². The van der Waals surface area contributed by atoms with Crippen molar-refractivity contribution >= 4 is 23.9 Å². The third-order valence-corrected chi connectivity index (χ3v) is 21.2. The zero-order valence-corrected chi connectivity index (χ0v) is 73.3. The van der Waals surface area contributed by atoms with Crippen molar-refractivity contribution in [1.82, 2.24) is 0 Å². The number of carbonyl (C=O) groups excluding carboxylic acids is 4. The molecule has 3 unspecified atom stereocenters. The number of halogens is 3. The molecule has 127 heavy (non-hydrogen) atoms. The van der Waals surface area contributed by atoms with Crippen LogP contribution in [0.3, 0.4) is 0 Å². The summed E-state index contributed by atoms with van der Waals surface area (Å²) in [5, 5.41) is 27.9. The minimum absolute atomic E-state index is 0. The number of rotatable bonds is 31. The molecule has 7 atom stereocenters. The first-order valence-electron chi connectivity index (χ1n) is 42.1. The quantitative estimate of drug-likeness (QED) is 0.0269. The number of benzene rings is 10. The number of ether oxygens (including phenoxy) is 15. The summed E-state index contributed by atoms with van der Waals surface area (Å²) in [6.07, 6.45) is 8.58. The molecule has 0 spiro atoms. The van der Waals surface area contributed by atoms with Gasteiger partial charge in [-0.05, 0) is 222 Å². The van der Waals surface area contributed by atoms with Gasteiger partial charge in [0.05, 0.1) is 102 Å². The molecule has 25 heteroatoms. The van der Waals surface area contributed by atoms with Crippen LogP contribution < -0.4 is 37.9 Å². The number of methoxy groups -OCH3 is 7. The summed E-state index contributed by atoms with van der Waals surface area (Å²) in [6, 6.07) is 59.5. The molecule has 22 nitrogen and oxygen atoms in total. The maximum atomic E-state index is 14.8. The molecule has 13 rings (SSSR count). The summed E-state index contributed by atoms with van der Waals surface area (Å²) in [5.74, 6) is 3.15. The van der Waals surface area contributed by atoms with E-state index in [4.69, 9.17) is 61.6 Å². The number of carbonyl (C=O) groups is 4. The van der Waals surface area contributed by atoms with E-state index in [0.717, 1.165) is 91.2 Å².